The summed E-state index contributed by atoms with van der Waals surface area (Å²) in [6.45, 7) is 5.97. The Morgan fingerprint density at radius 1 is 1.37 bits per heavy atom. The van der Waals surface area contributed by atoms with E-state index in [0.717, 1.165) is 49.8 Å². The molecule has 1 saturated heterocycles. The third kappa shape index (κ3) is 3.98. The van der Waals surface area contributed by atoms with Crippen molar-refractivity contribution in [2.75, 3.05) is 46.9 Å². The Balaban J connectivity index is 1.87. The maximum atomic E-state index is 9.05. The summed E-state index contributed by atoms with van der Waals surface area (Å²) < 4.78 is 5.07. The zero-order chi connectivity index (χ0) is 13.7. The number of hydrogen-bond acceptors (Lipinski definition) is 6. The molecule has 1 aromatic heterocycles. The van der Waals surface area contributed by atoms with Crippen molar-refractivity contribution in [3.05, 3.63) is 15.6 Å². The molecule has 0 radical (unpaired) electrons. The van der Waals surface area contributed by atoms with Crippen LogP contribution in [0.5, 0.6) is 0 Å². The zero-order valence-electron chi connectivity index (χ0n) is 11.6. The molecule has 0 saturated carbocycles. The Labute approximate surface area is 118 Å². The molecular weight excluding hydrogens is 260 g/mol. The number of nitriles is 1. The molecule has 1 aliphatic heterocycles. The van der Waals surface area contributed by atoms with E-state index in [2.05, 4.69) is 27.9 Å². The largest absolute Gasteiger partial charge is 0.378 e. The molecule has 1 aliphatic rings. The monoisotopic (exact) mass is 280 g/mol. The SMILES string of the molecule is COCc1nc(CCN2CCN(C)CC2)sc1C#N. The van der Waals surface area contributed by atoms with Gasteiger partial charge in [0.1, 0.15) is 10.9 Å². The number of thiazole rings is 1. The van der Waals surface area contributed by atoms with Crippen molar-refractivity contribution in [1.29, 1.82) is 5.26 Å². The number of ether oxygens (including phenoxy) is 1. The van der Waals surface area contributed by atoms with Crippen molar-refractivity contribution in [3.8, 4) is 6.07 Å². The predicted molar refractivity (Wildman–Crippen MR) is 75.2 cm³/mol. The fourth-order valence-electron chi connectivity index (χ4n) is 2.15. The number of rotatable bonds is 5. The predicted octanol–water partition coefficient (Wildman–Crippen LogP) is 0.951. The summed E-state index contributed by atoms with van der Waals surface area (Å²) >= 11 is 1.50. The third-order valence-electron chi connectivity index (χ3n) is 3.36. The van der Waals surface area contributed by atoms with Gasteiger partial charge in [0.05, 0.1) is 17.3 Å². The van der Waals surface area contributed by atoms with Crippen LogP contribution >= 0.6 is 11.3 Å². The van der Waals surface area contributed by atoms with E-state index < -0.39 is 0 Å². The highest BCUT2D eigenvalue weighted by molar-refractivity contribution is 7.12. The molecule has 2 rings (SSSR count). The highest BCUT2D eigenvalue weighted by atomic mass is 32.1. The number of hydrogen-bond donors (Lipinski definition) is 0. The van der Waals surface area contributed by atoms with E-state index in [4.69, 9.17) is 10.00 Å². The number of likely N-dealkylation sites (N-methyl/N-ethyl adjacent to an activating group) is 1. The Morgan fingerprint density at radius 3 is 2.74 bits per heavy atom. The molecule has 104 valence electrons. The summed E-state index contributed by atoms with van der Waals surface area (Å²) in [4.78, 5) is 10.0. The molecule has 0 N–H and O–H groups in total. The van der Waals surface area contributed by atoms with Crippen molar-refractivity contribution in [2.24, 2.45) is 0 Å². The van der Waals surface area contributed by atoms with Crippen molar-refractivity contribution in [2.45, 2.75) is 13.0 Å². The van der Waals surface area contributed by atoms with Gasteiger partial charge in [-0.05, 0) is 7.05 Å². The first-order valence-electron chi connectivity index (χ1n) is 6.51. The maximum absolute atomic E-state index is 9.05. The van der Waals surface area contributed by atoms with Crippen LogP contribution in [0.3, 0.4) is 0 Å². The molecule has 0 spiro atoms. The zero-order valence-corrected chi connectivity index (χ0v) is 12.4. The van der Waals surface area contributed by atoms with Gasteiger partial charge in [-0.15, -0.1) is 11.3 Å². The standard InChI is InChI=1S/C13H20N4OS/c1-16-5-7-17(8-6-16)4-3-13-15-11(10-18-2)12(9-14)19-13/h3-8,10H2,1-2H3. The van der Waals surface area contributed by atoms with E-state index in [9.17, 15) is 0 Å². The molecule has 0 aliphatic carbocycles. The van der Waals surface area contributed by atoms with Gasteiger partial charge in [0.25, 0.3) is 0 Å². The molecule has 0 amide bonds. The first kappa shape index (κ1) is 14.4. The van der Waals surface area contributed by atoms with Crippen molar-refractivity contribution < 1.29 is 4.74 Å². The summed E-state index contributed by atoms with van der Waals surface area (Å²) in [6, 6.07) is 2.20. The fourth-order valence-corrected chi connectivity index (χ4v) is 3.01. The first-order chi connectivity index (χ1) is 9.22. The number of piperazine rings is 1. The summed E-state index contributed by atoms with van der Waals surface area (Å²) in [5.41, 5.74) is 0.781. The molecule has 19 heavy (non-hydrogen) atoms. The second-order valence-corrected chi connectivity index (χ2v) is 5.91. The summed E-state index contributed by atoms with van der Waals surface area (Å²) in [5, 5.41) is 10.1. The van der Waals surface area contributed by atoms with Gasteiger partial charge in [-0.2, -0.15) is 5.26 Å². The van der Waals surface area contributed by atoms with Gasteiger partial charge in [0.2, 0.25) is 0 Å². The van der Waals surface area contributed by atoms with Crippen LogP contribution in [0.15, 0.2) is 0 Å². The number of nitrogens with zero attached hydrogens (tertiary/aromatic N) is 4. The maximum Gasteiger partial charge on any atom is 0.130 e. The van der Waals surface area contributed by atoms with Gasteiger partial charge in [-0.1, -0.05) is 0 Å². The molecule has 1 aromatic rings. The van der Waals surface area contributed by atoms with E-state index in [-0.39, 0.29) is 0 Å². The van der Waals surface area contributed by atoms with E-state index in [1.165, 1.54) is 11.3 Å². The fraction of sp³-hybridized carbons (Fsp3) is 0.692. The van der Waals surface area contributed by atoms with E-state index >= 15 is 0 Å². The third-order valence-corrected chi connectivity index (χ3v) is 4.42. The average Bonchev–Trinajstić information content (AvgIpc) is 2.81. The molecule has 0 aromatic carbocycles. The van der Waals surface area contributed by atoms with E-state index in [1.54, 1.807) is 7.11 Å². The molecule has 6 heteroatoms. The Hall–Kier alpha value is -1.00. The Morgan fingerprint density at radius 2 is 2.11 bits per heavy atom. The minimum atomic E-state index is 0.425. The van der Waals surface area contributed by atoms with Crippen molar-refractivity contribution in [3.63, 3.8) is 0 Å². The molecule has 1 fully saturated rings. The van der Waals surface area contributed by atoms with Gasteiger partial charge in [0.15, 0.2) is 0 Å². The first-order valence-corrected chi connectivity index (χ1v) is 7.33. The molecule has 0 bridgehead atoms. The summed E-state index contributed by atoms with van der Waals surface area (Å²) in [7, 11) is 3.79. The van der Waals surface area contributed by atoms with Crippen LogP contribution in [-0.2, 0) is 17.8 Å². The van der Waals surface area contributed by atoms with Crippen molar-refractivity contribution in [1.82, 2.24) is 14.8 Å². The number of methoxy groups -OCH3 is 1. The van der Waals surface area contributed by atoms with E-state index in [0.29, 0.717) is 11.5 Å². The summed E-state index contributed by atoms with van der Waals surface area (Å²) in [6.07, 6.45) is 0.923. The Kier molecular flexibility index (Phi) is 5.28. The van der Waals surface area contributed by atoms with E-state index in [1.807, 2.05) is 0 Å². The van der Waals surface area contributed by atoms with Gasteiger partial charge in [0, 0.05) is 46.3 Å². The minimum absolute atomic E-state index is 0.425. The summed E-state index contributed by atoms with van der Waals surface area (Å²) in [5.74, 6) is 0. The van der Waals surface area contributed by atoms with Crippen molar-refractivity contribution >= 4 is 11.3 Å². The second kappa shape index (κ2) is 6.96. The molecule has 5 nitrogen and oxygen atoms in total. The van der Waals surface area contributed by atoms with Crippen LogP contribution < -0.4 is 0 Å². The van der Waals surface area contributed by atoms with Crippen LogP contribution in [0.1, 0.15) is 15.6 Å². The van der Waals surface area contributed by atoms with Crippen LogP contribution in [0.2, 0.25) is 0 Å². The lowest BCUT2D eigenvalue weighted by Crippen LogP contribution is -2.45. The van der Waals surface area contributed by atoms with Crippen LogP contribution in [-0.4, -0.2) is 61.7 Å². The van der Waals surface area contributed by atoms with Crippen LogP contribution in [0, 0.1) is 11.3 Å². The number of aromatic nitrogens is 1. The molecule has 2 heterocycles. The topological polar surface area (TPSA) is 52.4 Å². The Bertz CT molecular complexity index is 446. The average molecular weight is 280 g/mol. The normalized spacial score (nSPS) is 17.5. The van der Waals surface area contributed by atoms with Gasteiger partial charge >= 0.3 is 0 Å². The molecule has 0 atom stereocenters. The molecular formula is C13H20N4OS. The van der Waals surface area contributed by atoms with Gasteiger partial charge < -0.3 is 14.5 Å². The smallest absolute Gasteiger partial charge is 0.130 e. The quantitative estimate of drug-likeness (QED) is 0.804. The highest BCUT2D eigenvalue weighted by Crippen LogP contribution is 2.19. The second-order valence-electron chi connectivity index (χ2n) is 4.82. The lowest BCUT2D eigenvalue weighted by Gasteiger charge is -2.32. The minimum Gasteiger partial charge on any atom is -0.378 e. The van der Waals surface area contributed by atoms with Gasteiger partial charge in [-0.3, -0.25) is 0 Å². The lowest BCUT2D eigenvalue weighted by molar-refractivity contribution is 0.155. The van der Waals surface area contributed by atoms with Crippen LogP contribution in [0.4, 0.5) is 0 Å². The van der Waals surface area contributed by atoms with Gasteiger partial charge in [-0.25, -0.2) is 4.98 Å². The molecule has 0 unspecified atom stereocenters. The highest BCUT2D eigenvalue weighted by Gasteiger charge is 2.15. The van der Waals surface area contributed by atoms with Crippen LogP contribution in [0.25, 0.3) is 0 Å². The lowest BCUT2D eigenvalue weighted by atomic mass is 10.3.